The maximum atomic E-state index is 13.6. The van der Waals surface area contributed by atoms with Gasteiger partial charge in [-0.05, 0) is 24.3 Å². The lowest BCUT2D eigenvalue weighted by atomic mass is 10.2. The highest BCUT2D eigenvalue weighted by Gasteiger charge is 2.15. The number of aromatic nitrogens is 2. The molecule has 0 bridgehead atoms. The molecule has 0 fully saturated rings. The van der Waals surface area contributed by atoms with Gasteiger partial charge >= 0.3 is 6.01 Å². The number of carbonyl (C=O) groups excluding carboxylic acids is 1. The summed E-state index contributed by atoms with van der Waals surface area (Å²) in [5, 5.41) is 3.38. The normalized spacial score (nSPS) is 10.6. The minimum absolute atomic E-state index is 0.00973. The number of nitrogens with zero attached hydrogens (tertiary/aromatic N) is 2. The number of halogens is 1. The first-order chi connectivity index (χ1) is 13.6. The fourth-order valence-electron chi connectivity index (χ4n) is 2.56. The van der Waals surface area contributed by atoms with Crippen LogP contribution in [0.4, 0.5) is 10.1 Å². The molecule has 4 aromatic rings. The number of hydrogen-bond acceptors (Lipinski definition) is 6. The second kappa shape index (κ2) is 7.36. The van der Waals surface area contributed by atoms with Crippen LogP contribution < -0.4 is 14.8 Å². The molecule has 28 heavy (non-hydrogen) atoms. The smallest absolute Gasteiger partial charge is 0.322 e. The van der Waals surface area contributed by atoms with Crippen LogP contribution in [-0.2, 0) is 0 Å². The average molecular weight is 379 g/mol. The van der Waals surface area contributed by atoms with E-state index in [9.17, 15) is 9.18 Å². The molecular formula is C20H14FN3O4. The van der Waals surface area contributed by atoms with Crippen LogP contribution in [-0.4, -0.2) is 23.0 Å². The number of nitrogens with one attached hydrogen (secondary N) is 1. The Bertz CT molecular complexity index is 1140. The number of amides is 1. The molecule has 8 heteroatoms. The Kier molecular flexibility index (Phi) is 4.59. The first-order valence-corrected chi connectivity index (χ1v) is 8.26. The SMILES string of the molecule is COc1cccc2cc(C(=O)Nc3cnc(Oc4ccccc4F)nc3)oc12. The third-order valence-electron chi connectivity index (χ3n) is 3.88. The number of para-hydroxylation sites is 2. The van der Waals surface area contributed by atoms with E-state index in [1.54, 1.807) is 30.3 Å². The Hall–Kier alpha value is -3.94. The van der Waals surface area contributed by atoms with Gasteiger partial charge in [0.1, 0.15) is 0 Å². The van der Waals surface area contributed by atoms with Gasteiger partial charge in [-0.2, -0.15) is 0 Å². The van der Waals surface area contributed by atoms with Crippen molar-refractivity contribution < 1.29 is 23.1 Å². The number of ether oxygens (including phenoxy) is 2. The van der Waals surface area contributed by atoms with Crippen molar-refractivity contribution in [1.29, 1.82) is 0 Å². The van der Waals surface area contributed by atoms with Gasteiger partial charge in [-0.3, -0.25) is 4.79 Å². The van der Waals surface area contributed by atoms with E-state index in [0.29, 0.717) is 17.0 Å². The molecule has 2 heterocycles. The van der Waals surface area contributed by atoms with E-state index < -0.39 is 11.7 Å². The summed E-state index contributed by atoms with van der Waals surface area (Å²) in [5.41, 5.74) is 0.818. The Morgan fingerprint density at radius 1 is 1.07 bits per heavy atom. The van der Waals surface area contributed by atoms with Crippen molar-refractivity contribution in [2.75, 3.05) is 12.4 Å². The fourth-order valence-corrected chi connectivity index (χ4v) is 2.56. The molecule has 7 nitrogen and oxygen atoms in total. The first kappa shape index (κ1) is 17.5. The summed E-state index contributed by atoms with van der Waals surface area (Å²) in [4.78, 5) is 20.4. The number of hydrogen-bond donors (Lipinski definition) is 1. The summed E-state index contributed by atoms with van der Waals surface area (Å²) in [7, 11) is 1.53. The third kappa shape index (κ3) is 3.48. The molecule has 0 saturated carbocycles. The molecule has 0 aliphatic carbocycles. The van der Waals surface area contributed by atoms with Gasteiger partial charge in [0.15, 0.2) is 28.7 Å². The highest BCUT2D eigenvalue weighted by Crippen LogP contribution is 2.29. The van der Waals surface area contributed by atoms with Crippen molar-refractivity contribution in [3.63, 3.8) is 0 Å². The maximum Gasteiger partial charge on any atom is 0.322 e. The molecule has 140 valence electrons. The quantitative estimate of drug-likeness (QED) is 0.553. The van der Waals surface area contributed by atoms with Crippen molar-refractivity contribution in [3.05, 3.63) is 72.5 Å². The number of methoxy groups -OCH3 is 1. The van der Waals surface area contributed by atoms with E-state index in [1.807, 2.05) is 6.07 Å². The molecule has 0 saturated heterocycles. The zero-order valence-electron chi connectivity index (χ0n) is 14.7. The van der Waals surface area contributed by atoms with Gasteiger partial charge in [-0.1, -0.05) is 24.3 Å². The molecule has 2 aromatic heterocycles. The van der Waals surface area contributed by atoms with E-state index in [2.05, 4.69) is 15.3 Å². The molecule has 4 rings (SSSR count). The van der Waals surface area contributed by atoms with Gasteiger partial charge in [0.05, 0.1) is 25.2 Å². The number of furan rings is 1. The Balaban J connectivity index is 1.48. The molecule has 0 unspecified atom stereocenters. The van der Waals surface area contributed by atoms with Crippen LogP contribution in [0.1, 0.15) is 10.6 Å². The maximum absolute atomic E-state index is 13.6. The highest BCUT2D eigenvalue weighted by molar-refractivity contribution is 6.04. The fraction of sp³-hybridized carbons (Fsp3) is 0.0500. The molecule has 1 N–H and O–H groups in total. The average Bonchev–Trinajstić information content (AvgIpc) is 3.16. The van der Waals surface area contributed by atoms with Crippen LogP contribution in [0.25, 0.3) is 11.0 Å². The van der Waals surface area contributed by atoms with E-state index in [1.165, 1.54) is 31.6 Å². The van der Waals surface area contributed by atoms with E-state index in [0.717, 1.165) is 5.39 Å². The molecule has 0 atom stereocenters. The predicted molar refractivity (Wildman–Crippen MR) is 99.2 cm³/mol. The number of benzene rings is 2. The van der Waals surface area contributed by atoms with Crippen molar-refractivity contribution in [2.24, 2.45) is 0 Å². The standard InChI is InChI=1S/C20H14FN3O4/c1-26-16-8-4-5-12-9-17(27-18(12)16)19(25)24-13-10-22-20(23-11-13)28-15-7-3-2-6-14(15)21/h2-11H,1H3,(H,24,25). The summed E-state index contributed by atoms with van der Waals surface area (Å²) in [6, 6.07) is 12.9. The molecule has 0 aliphatic rings. The number of fused-ring (bicyclic) bond motifs is 1. The number of carbonyl (C=O) groups is 1. The lowest BCUT2D eigenvalue weighted by molar-refractivity contribution is 0.0998. The number of rotatable bonds is 5. The Labute approximate surface area is 158 Å². The Morgan fingerprint density at radius 3 is 2.57 bits per heavy atom. The second-order valence-electron chi connectivity index (χ2n) is 5.73. The number of anilines is 1. The minimum atomic E-state index is -0.524. The zero-order valence-corrected chi connectivity index (χ0v) is 14.7. The van der Waals surface area contributed by atoms with Crippen LogP contribution in [0.15, 0.2) is 65.3 Å². The minimum Gasteiger partial charge on any atom is -0.493 e. The van der Waals surface area contributed by atoms with Gasteiger partial charge in [-0.15, -0.1) is 0 Å². The predicted octanol–water partition coefficient (Wildman–Crippen LogP) is 4.42. The molecule has 0 spiro atoms. The zero-order chi connectivity index (χ0) is 19.5. The van der Waals surface area contributed by atoms with Crippen molar-refractivity contribution in [2.45, 2.75) is 0 Å². The topological polar surface area (TPSA) is 86.5 Å². The van der Waals surface area contributed by atoms with Gasteiger partial charge in [-0.25, -0.2) is 14.4 Å². The van der Waals surface area contributed by atoms with Gasteiger partial charge < -0.3 is 19.2 Å². The van der Waals surface area contributed by atoms with Crippen LogP contribution in [0.2, 0.25) is 0 Å². The van der Waals surface area contributed by atoms with Gasteiger partial charge in [0.25, 0.3) is 5.91 Å². The van der Waals surface area contributed by atoms with Gasteiger partial charge in [0, 0.05) is 5.39 Å². The molecule has 0 aliphatic heterocycles. The highest BCUT2D eigenvalue weighted by atomic mass is 19.1. The van der Waals surface area contributed by atoms with Crippen LogP contribution >= 0.6 is 0 Å². The lowest BCUT2D eigenvalue weighted by Gasteiger charge is -2.06. The summed E-state index contributed by atoms with van der Waals surface area (Å²) in [6.45, 7) is 0. The van der Waals surface area contributed by atoms with Crippen molar-refractivity contribution in [3.8, 4) is 17.5 Å². The summed E-state index contributed by atoms with van der Waals surface area (Å²) in [5.74, 6) is -0.329. The monoisotopic (exact) mass is 379 g/mol. The lowest BCUT2D eigenvalue weighted by Crippen LogP contribution is -2.11. The van der Waals surface area contributed by atoms with E-state index in [-0.39, 0.29) is 17.5 Å². The largest absolute Gasteiger partial charge is 0.493 e. The van der Waals surface area contributed by atoms with Crippen LogP contribution in [0, 0.1) is 5.82 Å². The molecule has 1 amide bonds. The molecular weight excluding hydrogens is 365 g/mol. The molecule has 2 aromatic carbocycles. The summed E-state index contributed by atoms with van der Waals surface area (Å²) in [6.07, 6.45) is 2.70. The van der Waals surface area contributed by atoms with E-state index >= 15 is 0 Å². The second-order valence-corrected chi connectivity index (χ2v) is 5.73. The first-order valence-electron chi connectivity index (χ1n) is 8.26. The van der Waals surface area contributed by atoms with Crippen molar-refractivity contribution >= 4 is 22.6 Å². The van der Waals surface area contributed by atoms with Crippen molar-refractivity contribution in [1.82, 2.24) is 9.97 Å². The van der Waals surface area contributed by atoms with E-state index in [4.69, 9.17) is 13.9 Å². The van der Waals surface area contributed by atoms with Gasteiger partial charge in [0.2, 0.25) is 0 Å². The summed E-state index contributed by atoms with van der Waals surface area (Å²) < 4.78 is 29.7. The van der Waals surface area contributed by atoms with Crippen LogP contribution in [0.5, 0.6) is 17.5 Å². The molecule has 0 radical (unpaired) electrons. The Morgan fingerprint density at radius 2 is 1.82 bits per heavy atom. The third-order valence-corrected chi connectivity index (χ3v) is 3.88. The van der Waals surface area contributed by atoms with Crippen LogP contribution in [0.3, 0.4) is 0 Å². The summed E-state index contributed by atoms with van der Waals surface area (Å²) >= 11 is 0.